The number of unbranched alkanes of at least 4 members (excludes halogenated alkanes) is 1. The predicted octanol–water partition coefficient (Wildman–Crippen LogP) is 1.45. The van der Waals surface area contributed by atoms with Gasteiger partial charge < -0.3 is 30.1 Å². The second-order valence-corrected chi connectivity index (χ2v) is 15.9. The molecule has 2 aliphatic heterocycles. The molecule has 0 radical (unpaired) electrons. The molecule has 252 valence electrons. The highest BCUT2D eigenvalue weighted by molar-refractivity contribution is 7.86. The zero-order chi connectivity index (χ0) is 33.2. The van der Waals surface area contributed by atoms with E-state index in [1.807, 2.05) is 13.8 Å². The van der Waals surface area contributed by atoms with Crippen molar-refractivity contribution in [3.8, 4) is 0 Å². The Hall–Kier alpha value is -2.39. The van der Waals surface area contributed by atoms with Crippen LogP contribution in [0.1, 0.15) is 78.6 Å². The number of Topliss-reactive ketones (excluding diaryl/α,β-unsaturated/α-hetero) is 1. The molecule has 4 N–H and O–H groups in total. The number of nitrogens with one attached hydrogen (secondary N) is 1. The van der Waals surface area contributed by atoms with Gasteiger partial charge in [-0.1, -0.05) is 27.4 Å². The molecule has 13 nitrogen and oxygen atoms in total. The molecule has 0 aromatic rings. The molecule has 45 heavy (non-hydrogen) atoms. The summed E-state index contributed by atoms with van der Waals surface area (Å²) in [6.45, 7) is 8.91. The summed E-state index contributed by atoms with van der Waals surface area (Å²) in [6.07, 6.45) is -1.47. The second kappa shape index (κ2) is 11.7. The fourth-order valence-electron chi connectivity index (χ4n) is 9.63. The molecule has 9 atom stereocenters. The van der Waals surface area contributed by atoms with Gasteiger partial charge in [0, 0.05) is 30.1 Å². The maximum absolute atomic E-state index is 14.4. The van der Waals surface area contributed by atoms with Crippen LogP contribution in [0.4, 0.5) is 0 Å². The summed E-state index contributed by atoms with van der Waals surface area (Å²) in [6, 6.07) is 0. The minimum atomic E-state index is -3.98. The monoisotopic (exact) mass is 655 g/mol. The summed E-state index contributed by atoms with van der Waals surface area (Å²) >= 11 is 0. The van der Waals surface area contributed by atoms with E-state index in [1.165, 1.54) is 0 Å². The molecule has 6 fully saturated rings. The molecule has 0 aromatic carbocycles. The number of hydrogen-bond donors (Lipinski definition) is 4. The Bertz CT molecular complexity index is 1380. The van der Waals surface area contributed by atoms with Crippen molar-refractivity contribution < 1.29 is 56.6 Å². The van der Waals surface area contributed by atoms with Crippen LogP contribution in [-0.4, -0.2) is 90.4 Å². The number of ketones is 1. The zero-order valence-electron chi connectivity index (χ0n) is 26.1. The molecule has 4 aliphatic carbocycles. The summed E-state index contributed by atoms with van der Waals surface area (Å²) < 4.78 is 44.0. The second-order valence-electron chi connectivity index (χ2n) is 14.1. The molecule has 2 saturated heterocycles. The lowest BCUT2D eigenvalue weighted by Crippen LogP contribution is -2.86. The third-order valence-electron chi connectivity index (χ3n) is 11.3. The van der Waals surface area contributed by atoms with Crippen molar-refractivity contribution in [3.63, 3.8) is 0 Å². The lowest BCUT2D eigenvalue weighted by molar-refractivity contribution is -0.456. The van der Waals surface area contributed by atoms with Gasteiger partial charge in [0.1, 0.15) is 24.2 Å². The number of hydrogen-bond acceptors (Lipinski definition) is 11. The SMILES string of the molecule is C=C1C(=O)[C@]23[C@H](OC(=O)CNC(=O)CCCCC(=O)O)[C@@H]1CC[C@H]2[C@@]12CO[C@]3(O)[C@@H](O)[C@@H]1C(C)(C)CC[C@@H]2OS(=O)(=O)CCC. The highest BCUT2D eigenvalue weighted by atomic mass is 32.2. The van der Waals surface area contributed by atoms with E-state index in [-0.39, 0.29) is 30.8 Å². The van der Waals surface area contributed by atoms with Crippen molar-refractivity contribution in [2.75, 3.05) is 18.9 Å². The molecule has 4 bridgehead atoms. The van der Waals surface area contributed by atoms with E-state index in [0.29, 0.717) is 44.9 Å². The molecule has 2 spiro atoms. The van der Waals surface area contributed by atoms with Crippen molar-refractivity contribution in [2.45, 2.75) is 103 Å². The van der Waals surface area contributed by atoms with Crippen LogP contribution in [0, 0.1) is 34.0 Å². The first kappa shape index (κ1) is 34.0. The summed E-state index contributed by atoms with van der Waals surface area (Å²) in [4.78, 5) is 50.5. The van der Waals surface area contributed by atoms with Gasteiger partial charge in [0.15, 0.2) is 5.78 Å². The van der Waals surface area contributed by atoms with Gasteiger partial charge in [0.25, 0.3) is 10.1 Å². The van der Waals surface area contributed by atoms with Crippen molar-refractivity contribution in [1.82, 2.24) is 5.32 Å². The summed E-state index contributed by atoms with van der Waals surface area (Å²) in [7, 11) is -3.98. The number of fused-ring (bicyclic) bond motifs is 2. The Kier molecular flexibility index (Phi) is 8.82. The molecular weight excluding hydrogens is 610 g/mol. The number of carboxylic acid groups (broad SMARTS) is 1. The van der Waals surface area contributed by atoms with Crippen molar-refractivity contribution in [3.05, 3.63) is 12.2 Å². The minimum Gasteiger partial charge on any atom is -0.481 e. The van der Waals surface area contributed by atoms with Gasteiger partial charge in [-0.3, -0.25) is 23.4 Å². The van der Waals surface area contributed by atoms with Gasteiger partial charge in [-0.15, -0.1) is 0 Å². The van der Waals surface area contributed by atoms with Gasteiger partial charge in [0.2, 0.25) is 11.7 Å². The Morgan fingerprint density at radius 3 is 2.49 bits per heavy atom. The van der Waals surface area contributed by atoms with E-state index in [2.05, 4.69) is 11.9 Å². The average molecular weight is 656 g/mol. The third-order valence-corrected chi connectivity index (χ3v) is 12.7. The fourth-order valence-corrected chi connectivity index (χ4v) is 10.9. The number of ether oxygens (including phenoxy) is 2. The van der Waals surface area contributed by atoms with Crippen LogP contribution in [0.2, 0.25) is 0 Å². The molecule has 6 aliphatic rings. The topological polar surface area (TPSA) is 203 Å². The molecule has 1 amide bonds. The number of carbonyl (C=O) groups is 4. The van der Waals surface area contributed by atoms with E-state index in [4.69, 9.17) is 18.8 Å². The zero-order valence-corrected chi connectivity index (χ0v) is 26.9. The number of aliphatic carboxylic acids is 1. The first-order chi connectivity index (χ1) is 21.0. The number of rotatable bonds is 12. The number of amides is 1. The van der Waals surface area contributed by atoms with Gasteiger partial charge >= 0.3 is 11.9 Å². The normalized spacial score (nSPS) is 39.6. The predicted molar refractivity (Wildman–Crippen MR) is 157 cm³/mol. The molecule has 6 rings (SSSR count). The number of aliphatic hydroxyl groups is 2. The standard InChI is InChI=1S/C31H45NO12S/c1-5-14-45(40,41)44-20-12-13-28(3,4)24-26(38)31(39)30-19(29(20,24)16-42-31)11-10-18(17(2)25(30)37)27(30)43-23(36)15-32-21(33)8-6-7-9-22(34)35/h18-20,24,26-27,38-39H,2,5-16H2,1,3-4H3,(H,32,33)(H,34,35)/t18-,19+,20+,24-,26+,27-,29-,30+,31-/m1/s1. The fraction of sp³-hybridized carbons (Fsp3) is 0.806. The van der Waals surface area contributed by atoms with Gasteiger partial charge in [-0.05, 0) is 61.9 Å². The van der Waals surface area contributed by atoms with Crippen molar-refractivity contribution in [1.29, 1.82) is 0 Å². The maximum Gasteiger partial charge on any atom is 0.325 e. The van der Waals surface area contributed by atoms with E-state index in [9.17, 15) is 37.8 Å². The summed E-state index contributed by atoms with van der Waals surface area (Å²) in [5.41, 5.74) is -3.65. The lowest BCUT2D eigenvalue weighted by atomic mass is 9.35. The van der Waals surface area contributed by atoms with E-state index >= 15 is 0 Å². The van der Waals surface area contributed by atoms with Crippen molar-refractivity contribution >= 4 is 33.7 Å². The van der Waals surface area contributed by atoms with E-state index in [1.54, 1.807) is 6.92 Å². The number of esters is 1. The first-order valence-electron chi connectivity index (χ1n) is 15.9. The van der Waals surface area contributed by atoms with Crippen LogP contribution >= 0.6 is 0 Å². The molecule has 0 unspecified atom stereocenters. The van der Waals surface area contributed by atoms with Crippen LogP contribution in [0.25, 0.3) is 0 Å². The lowest BCUT2D eigenvalue weighted by Gasteiger charge is -2.74. The quantitative estimate of drug-likeness (QED) is 0.102. The van der Waals surface area contributed by atoms with Crippen molar-refractivity contribution in [2.24, 2.45) is 34.0 Å². The summed E-state index contributed by atoms with van der Waals surface area (Å²) in [5.74, 6) is -7.74. The Labute approximate surface area is 263 Å². The van der Waals surface area contributed by atoms with Crippen LogP contribution in [-0.2, 0) is 43.0 Å². The van der Waals surface area contributed by atoms with E-state index < -0.39 is 98.4 Å². The smallest absolute Gasteiger partial charge is 0.325 e. The van der Waals surface area contributed by atoms with Gasteiger partial charge in [0.05, 0.1) is 18.5 Å². The highest BCUT2D eigenvalue weighted by Crippen LogP contribution is 2.77. The van der Waals surface area contributed by atoms with E-state index in [0.717, 1.165) is 0 Å². The molecule has 14 heteroatoms. The number of aliphatic hydroxyl groups excluding tert-OH is 1. The molecule has 2 heterocycles. The Balaban J connectivity index is 1.49. The van der Waals surface area contributed by atoms with Crippen LogP contribution < -0.4 is 5.32 Å². The Morgan fingerprint density at radius 1 is 1.13 bits per heavy atom. The Morgan fingerprint density at radius 2 is 1.82 bits per heavy atom. The third kappa shape index (κ3) is 5.06. The molecular formula is C31H45NO12S. The first-order valence-corrected chi connectivity index (χ1v) is 17.4. The van der Waals surface area contributed by atoms with Crippen LogP contribution in [0.3, 0.4) is 0 Å². The number of carboxylic acids is 1. The largest absolute Gasteiger partial charge is 0.481 e. The van der Waals surface area contributed by atoms with Crippen LogP contribution in [0.5, 0.6) is 0 Å². The number of carbonyl (C=O) groups excluding carboxylic acids is 3. The molecule has 0 aromatic heterocycles. The molecule has 4 saturated carbocycles. The van der Waals surface area contributed by atoms with Gasteiger partial charge in [-0.2, -0.15) is 8.42 Å². The maximum atomic E-state index is 14.4. The minimum absolute atomic E-state index is 0.00964. The summed E-state index contributed by atoms with van der Waals surface area (Å²) in [5, 5.41) is 35.6. The average Bonchev–Trinajstić information content (AvgIpc) is 3.06. The van der Waals surface area contributed by atoms with Crippen LogP contribution in [0.15, 0.2) is 12.2 Å². The van der Waals surface area contributed by atoms with Gasteiger partial charge in [-0.25, -0.2) is 0 Å². The highest BCUT2D eigenvalue weighted by Gasteiger charge is 2.88.